The van der Waals surface area contributed by atoms with Crippen LogP contribution in [-0.4, -0.2) is 28.7 Å². The molecule has 2 aromatic rings. The van der Waals surface area contributed by atoms with Gasteiger partial charge >= 0.3 is 0 Å². The number of hydrogen-bond acceptors (Lipinski definition) is 5. The smallest absolute Gasteiger partial charge is 0.225 e. The van der Waals surface area contributed by atoms with Crippen molar-refractivity contribution in [3.05, 3.63) is 16.2 Å². The molecule has 0 spiro atoms. The predicted molar refractivity (Wildman–Crippen MR) is 74.6 cm³/mol. The number of anilines is 1. The van der Waals surface area contributed by atoms with Gasteiger partial charge in [-0.15, -0.1) is 11.3 Å². The number of rotatable bonds is 2. The summed E-state index contributed by atoms with van der Waals surface area (Å²) in [5, 5.41) is 4.78. The maximum absolute atomic E-state index is 5.98. The number of ether oxygens (including phenoxy) is 1. The Balaban J connectivity index is 2.04. The third kappa shape index (κ3) is 2.18. The van der Waals surface area contributed by atoms with Crippen LogP contribution in [0, 0.1) is 6.92 Å². The van der Waals surface area contributed by atoms with Gasteiger partial charge in [-0.25, -0.2) is 9.97 Å². The summed E-state index contributed by atoms with van der Waals surface area (Å²) < 4.78 is 5.44. The minimum Gasteiger partial charge on any atom is -0.379 e. The lowest BCUT2D eigenvalue weighted by molar-refractivity contribution is 0.185. The van der Waals surface area contributed by atoms with Crippen molar-refractivity contribution in [2.45, 2.75) is 25.8 Å². The lowest BCUT2D eigenvalue weighted by Crippen LogP contribution is -2.35. The van der Waals surface area contributed by atoms with Crippen molar-refractivity contribution < 1.29 is 4.74 Å². The predicted octanol–water partition coefficient (Wildman–Crippen LogP) is 3.24. The lowest BCUT2D eigenvalue weighted by atomic mass is 10.0. The molecule has 4 nitrogen and oxygen atoms in total. The Morgan fingerprint density at radius 3 is 3.06 bits per heavy atom. The summed E-state index contributed by atoms with van der Waals surface area (Å²) in [5.74, 6) is 0.808. The van der Waals surface area contributed by atoms with Crippen LogP contribution in [0.25, 0.3) is 10.2 Å². The third-order valence-electron chi connectivity index (χ3n) is 3.13. The first-order valence-corrected chi connectivity index (χ1v) is 7.05. The Morgan fingerprint density at radius 2 is 2.33 bits per heavy atom. The van der Waals surface area contributed by atoms with Gasteiger partial charge in [-0.2, -0.15) is 0 Å². The Labute approximate surface area is 114 Å². The first kappa shape index (κ1) is 12.1. The highest BCUT2D eigenvalue weighted by Gasteiger charge is 2.30. The van der Waals surface area contributed by atoms with Crippen LogP contribution in [0.5, 0.6) is 0 Å². The first-order valence-electron chi connectivity index (χ1n) is 5.85. The van der Waals surface area contributed by atoms with Crippen LogP contribution in [-0.2, 0) is 4.74 Å². The monoisotopic (exact) mass is 283 g/mol. The van der Waals surface area contributed by atoms with Gasteiger partial charge < -0.3 is 10.1 Å². The molecule has 1 aliphatic rings. The summed E-state index contributed by atoms with van der Waals surface area (Å²) in [6, 6.07) is 2.10. The highest BCUT2D eigenvalue weighted by molar-refractivity contribution is 7.18. The van der Waals surface area contributed by atoms with Gasteiger partial charge in [0.15, 0.2) is 0 Å². The van der Waals surface area contributed by atoms with E-state index in [1.807, 2.05) is 0 Å². The van der Waals surface area contributed by atoms with Gasteiger partial charge in [-0.05, 0) is 37.9 Å². The molecule has 96 valence electrons. The van der Waals surface area contributed by atoms with Crippen molar-refractivity contribution in [3.8, 4) is 0 Å². The molecule has 3 heterocycles. The molecule has 0 aromatic carbocycles. The molecule has 2 aromatic heterocycles. The topological polar surface area (TPSA) is 47.0 Å². The van der Waals surface area contributed by atoms with E-state index in [0.29, 0.717) is 6.61 Å². The number of nitrogens with one attached hydrogen (secondary N) is 1. The number of halogens is 1. The van der Waals surface area contributed by atoms with Gasteiger partial charge in [-0.3, -0.25) is 0 Å². The Bertz CT molecular complexity index is 592. The number of aromatic nitrogens is 2. The first-order chi connectivity index (χ1) is 8.56. The van der Waals surface area contributed by atoms with E-state index in [2.05, 4.69) is 35.2 Å². The summed E-state index contributed by atoms with van der Waals surface area (Å²) in [6.45, 7) is 5.68. The molecule has 0 amide bonds. The van der Waals surface area contributed by atoms with Crippen molar-refractivity contribution in [3.63, 3.8) is 0 Å². The van der Waals surface area contributed by atoms with Gasteiger partial charge in [-0.1, -0.05) is 0 Å². The van der Waals surface area contributed by atoms with Gasteiger partial charge in [0.05, 0.1) is 17.5 Å². The van der Waals surface area contributed by atoms with E-state index in [1.165, 1.54) is 4.88 Å². The molecule has 0 aliphatic carbocycles. The highest BCUT2D eigenvalue weighted by Crippen LogP contribution is 2.32. The second-order valence-corrected chi connectivity index (χ2v) is 6.48. The van der Waals surface area contributed by atoms with E-state index in [0.717, 1.165) is 29.1 Å². The fraction of sp³-hybridized carbons (Fsp3) is 0.500. The van der Waals surface area contributed by atoms with Crippen molar-refractivity contribution >= 4 is 39.0 Å². The molecule has 1 fully saturated rings. The summed E-state index contributed by atoms with van der Waals surface area (Å²) in [4.78, 5) is 10.7. The van der Waals surface area contributed by atoms with E-state index in [-0.39, 0.29) is 10.8 Å². The molecule has 1 N–H and O–H groups in total. The number of nitrogens with zero attached hydrogens (tertiary/aromatic N) is 2. The lowest BCUT2D eigenvalue weighted by Gasteiger charge is -2.24. The zero-order chi connectivity index (χ0) is 12.8. The largest absolute Gasteiger partial charge is 0.379 e. The fourth-order valence-electron chi connectivity index (χ4n) is 2.16. The number of hydrogen-bond donors (Lipinski definition) is 1. The third-order valence-corrected chi connectivity index (χ3v) is 4.24. The maximum atomic E-state index is 5.98. The maximum Gasteiger partial charge on any atom is 0.225 e. The van der Waals surface area contributed by atoms with E-state index in [9.17, 15) is 0 Å². The van der Waals surface area contributed by atoms with Crippen molar-refractivity contribution in [2.24, 2.45) is 0 Å². The molecule has 0 bridgehead atoms. The second-order valence-electron chi connectivity index (χ2n) is 4.91. The second kappa shape index (κ2) is 4.33. The van der Waals surface area contributed by atoms with Crippen molar-refractivity contribution in [1.82, 2.24) is 9.97 Å². The van der Waals surface area contributed by atoms with Gasteiger partial charge in [0.2, 0.25) is 5.28 Å². The molecule has 6 heteroatoms. The van der Waals surface area contributed by atoms with E-state index in [1.54, 1.807) is 11.3 Å². The van der Waals surface area contributed by atoms with Crippen LogP contribution in [0.15, 0.2) is 6.07 Å². The molecule has 18 heavy (non-hydrogen) atoms. The van der Waals surface area contributed by atoms with Crippen LogP contribution in [0.2, 0.25) is 5.28 Å². The number of aryl methyl sites for hydroxylation is 1. The van der Waals surface area contributed by atoms with E-state index >= 15 is 0 Å². The molecule has 0 radical (unpaired) electrons. The molecule has 1 unspecified atom stereocenters. The van der Waals surface area contributed by atoms with E-state index < -0.39 is 0 Å². The van der Waals surface area contributed by atoms with Crippen molar-refractivity contribution in [1.29, 1.82) is 0 Å². The van der Waals surface area contributed by atoms with Crippen LogP contribution in [0.4, 0.5) is 5.82 Å². The molecular weight excluding hydrogens is 270 g/mol. The average molecular weight is 284 g/mol. The van der Waals surface area contributed by atoms with Crippen LogP contribution in [0.1, 0.15) is 18.2 Å². The number of fused-ring (bicyclic) bond motifs is 1. The number of thiophene rings is 1. The molecule has 1 saturated heterocycles. The van der Waals surface area contributed by atoms with Crippen LogP contribution in [0.3, 0.4) is 0 Å². The summed E-state index contributed by atoms with van der Waals surface area (Å²) >= 11 is 7.61. The average Bonchev–Trinajstić information content (AvgIpc) is 2.84. The summed E-state index contributed by atoms with van der Waals surface area (Å²) in [5.41, 5.74) is -0.0690. The summed E-state index contributed by atoms with van der Waals surface area (Å²) in [7, 11) is 0. The van der Waals surface area contributed by atoms with Gasteiger partial charge in [0, 0.05) is 11.5 Å². The minimum absolute atomic E-state index is 0.0690. The SMILES string of the molecule is Cc1cc2c(NC3(C)CCOC3)nc(Cl)nc2s1. The summed E-state index contributed by atoms with van der Waals surface area (Å²) in [6.07, 6.45) is 0.971. The quantitative estimate of drug-likeness (QED) is 0.860. The normalized spacial score (nSPS) is 23.7. The van der Waals surface area contributed by atoms with Crippen molar-refractivity contribution in [2.75, 3.05) is 18.5 Å². The van der Waals surface area contributed by atoms with E-state index in [4.69, 9.17) is 16.3 Å². The zero-order valence-electron chi connectivity index (χ0n) is 10.3. The Hall–Kier alpha value is -0.910. The fourth-order valence-corrected chi connectivity index (χ4v) is 3.26. The standard InChI is InChI=1S/C12H14ClN3OS/c1-7-5-8-9(14-11(13)15-10(8)18-7)16-12(2)3-4-17-6-12/h5H,3-4,6H2,1-2H3,(H,14,15,16). The highest BCUT2D eigenvalue weighted by atomic mass is 35.5. The zero-order valence-corrected chi connectivity index (χ0v) is 11.9. The van der Waals surface area contributed by atoms with Gasteiger partial charge in [0.25, 0.3) is 0 Å². The Kier molecular flexibility index (Phi) is 2.92. The molecule has 0 saturated carbocycles. The van der Waals surface area contributed by atoms with Crippen LogP contribution >= 0.6 is 22.9 Å². The molecule has 1 atom stereocenters. The Morgan fingerprint density at radius 1 is 1.50 bits per heavy atom. The minimum atomic E-state index is -0.0690. The van der Waals surface area contributed by atoms with Crippen LogP contribution < -0.4 is 5.32 Å². The molecular formula is C12H14ClN3OS. The van der Waals surface area contributed by atoms with Gasteiger partial charge in [0.1, 0.15) is 10.6 Å². The molecule has 1 aliphatic heterocycles. The molecule has 3 rings (SSSR count).